The van der Waals surface area contributed by atoms with E-state index in [4.69, 9.17) is 9.84 Å². The molecule has 2 heterocycles. The summed E-state index contributed by atoms with van der Waals surface area (Å²) < 4.78 is 5.91. The summed E-state index contributed by atoms with van der Waals surface area (Å²) in [4.78, 5) is 10.5. The van der Waals surface area contributed by atoms with Crippen LogP contribution in [0.2, 0.25) is 0 Å². The lowest BCUT2D eigenvalue weighted by Gasteiger charge is -2.50. The molecule has 3 aliphatic rings. The highest BCUT2D eigenvalue weighted by molar-refractivity contribution is 5.66. The van der Waals surface area contributed by atoms with Gasteiger partial charge in [-0.05, 0) is 43.9 Å². The van der Waals surface area contributed by atoms with Gasteiger partial charge in [0.15, 0.2) is 0 Å². The second kappa shape index (κ2) is 10.8. The topological polar surface area (TPSA) is 66.8 Å². The minimum atomic E-state index is -0.725. The van der Waals surface area contributed by atoms with E-state index in [1.54, 1.807) is 0 Å². The molecular weight excluding hydrogens is 316 g/mol. The SMILES string of the molecule is CCCCCC(O)/C=C/C1CC2CC(O2)C1C/C=C/CCCC(=O)O. The van der Waals surface area contributed by atoms with Crippen LogP contribution in [-0.2, 0) is 9.53 Å². The molecule has 0 spiro atoms. The number of aliphatic hydroxyl groups excluding tert-OH is 1. The number of rotatable bonds is 12. The number of carbonyl (C=O) groups is 1. The van der Waals surface area contributed by atoms with Gasteiger partial charge in [-0.15, -0.1) is 0 Å². The first kappa shape index (κ1) is 20.2. The van der Waals surface area contributed by atoms with Gasteiger partial charge in [0.05, 0.1) is 18.3 Å². The highest BCUT2D eigenvalue weighted by Gasteiger charge is 2.45. The van der Waals surface area contributed by atoms with Crippen molar-refractivity contribution >= 4 is 5.97 Å². The Bertz CT molecular complexity index is 451. The van der Waals surface area contributed by atoms with Crippen molar-refractivity contribution in [1.29, 1.82) is 0 Å². The van der Waals surface area contributed by atoms with E-state index < -0.39 is 5.97 Å². The van der Waals surface area contributed by atoms with Crippen molar-refractivity contribution in [3.8, 4) is 0 Å². The summed E-state index contributed by atoms with van der Waals surface area (Å²) in [6.45, 7) is 2.18. The summed E-state index contributed by atoms with van der Waals surface area (Å²) in [5.74, 6) is 0.249. The van der Waals surface area contributed by atoms with Crippen LogP contribution in [0.25, 0.3) is 0 Å². The minimum absolute atomic E-state index is 0.239. The highest BCUT2D eigenvalue weighted by Crippen LogP contribution is 2.45. The fourth-order valence-electron chi connectivity index (χ4n) is 3.94. The van der Waals surface area contributed by atoms with Gasteiger partial charge < -0.3 is 14.9 Å². The van der Waals surface area contributed by atoms with Gasteiger partial charge in [-0.3, -0.25) is 4.79 Å². The molecule has 0 aromatic carbocycles. The molecule has 142 valence electrons. The molecule has 5 atom stereocenters. The lowest BCUT2D eigenvalue weighted by Crippen LogP contribution is -2.51. The molecule has 1 aliphatic carbocycles. The zero-order chi connectivity index (χ0) is 18.1. The van der Waals surface area contributed by atoms with E-state index in [1.165, 1.54) is 19.3 Å². The number of aliphatic hydroxyl groups is 1. The highest BCUT2D eigenvalue weighted by atomic mass is 16.5. The fourth-order valence-corrected chi connectivity index (χ4v) is 3.94. The maximum absolute atomic E-state index is 10.5. The van der Waals surface area contributed by atoms with Crippen LogP contribution in [0.1, 0.15) is 71.1 Å². The molecule has 4 heteroatoms. The van der Waals surface area contributed by atoms with Crippen LogP contribution in [-0.4, -0.2) is 34.5 Å². The standard InChI is InChI=1S/C21H34O4/c1-2-3-6-9-17(22)13-12-16-14-18-15-20(25-18)19(16)10-7-4-5-8-11-21(23)24/h4,7,12-13,16-20,22H,2-3,5-6,8-11,14-15H2,1H3,(H,23,24)/b7-4+,13-12+. The smallest absolute Gasteiger partial charge is 0.303 e. The van der Waals surface area contributed by atoms with Crippen molar-refractivity contribution in [2.45, 2.75) is 89.4 Å². The summed E-state index contributed by atoms with van der Waals surface area (Å²) in [6.07, 6.45) is 18.2. The normalized spacial score (nSPS) is 29.8. The first-order valence-corrected chi connectivity index (χ1v) is 9.98. The Hall–Kier alpha value is -1.13. The van der Waals surface area contributed by atoms with Crippen LogP contribution in [0.15, 0.2) is 24.3 Å². The predicted molar refractivity (Wildman–Crippen MR) is 99.4 cm³/mol. The van der Waals surface area contributed by atoms with E-state index in [0.717, 1.165) is 32.1 Å². The van der Waals surface area contributed by atoms with E-state index >= 15 is 0 Å². The van der Waals surface area contributed by atoms with Crippen LogP contribution in [0.4, 0.5) is 0 Å². The molecule has 2 bridgehead atoms. The molecule has 0 aromatic heterocycles. The third kappa shape index (κ3) is 6.95. The van der Waals surface area contributed by atoms with Crippen molar-refractivity contribution < 1.29 is 19.7 Å². The van der Waals surface area contributed by atoms with Gasteiger partial charge in [-0.1, -0.05) is 50.5 Å². The Kier molecular flexibility index (Phi) is 8.70. The molecule has 2 saturated heterocycles. The van der Waals surface area contributed by atoms with Crippen LogP contribution < -0.4 is 0 Å². The van der Waals surface area contributed by atoms with Gasteiger partial charge in [-0.2, -0.15) is 0 Å². The zero-order valence-corrected chi connectivity index (χ0v) is 15.5. The third-order valence-corrected chi connectivity index (χ3v) is 5.45. The van der Waals surface area contributed by atoms with Gasteiger partial charge in [0, 0.05) is 12.8 Å². The van der Waals surface area contributed by atoms with Crippen molar-refractivity contribution in [2.75, 3.05) is 0 Å². The Morgan fingerprint density at radius 1 is 1.24 bits per heavy atom. The molecule has 25 heavy (non-hydrogen) atoms. The van der Waals surface area contributed by atoms with Crippen molar-refractivity contribution in [3.63, 3.8) is 0 Å². The average molecular weight is 350 g/mol. The van der Waals surface area contributed by atoms with E-state index in [2.05, 4.69) is 25.2 Å². The summed E-state index contributed by atoms with van der Waals surface area (Å²) in [5.41, 5.74) is 0. The van der Waals surface area contributed by atoms with Crippen LogP contribution in [0.3, 0.4) is 0 Å². The Morgan fingerprint density at radius 3 is 2.76 bits per heavy atom. The van der Waals surface area contributed by atoms with Gasteiger partial charge >= 0.3 is 5.97 Å². The average Bonchev–Trinajstić information content (AvgIpc) is 2.55. The number of carboxylic acids is 1. The zero-order valence-electron chi connectivity index (χ0n) is 15.5. The van der Waals surface area contributed by atoms with Gasteiger partial charge in [0.1, 0.15) is 0 Å². The number of allylic oxidation sites excluding steroid dienone is 3. The number of ether oxygens (including phenoxy) is 1. The quantitative estimate of drug-likeness (QED) is 0.402. The maximum Gasteiger partial charge on any atom is 0.303 e. The number of carboxylic acid groups (broad SMARTS) is 1. The van der Waals surface area contributed by atoms with Crippen LogP contribution >= 0.6 is 0 Å². The van der Waals surface area contributed by atoms with Gasteiger partial charge in [0.2, 0.25) is 0 Å². The van der Waals surface area contributed by atoms with Gasteiger partial charge in [-0.25, -0.2) is 0 Å². The molecule has 5 unspecified atom stereocenters. The predicted octanol–water partition coefficient (Wildman–Crippen LogP) is 4.48. The minimum Gasteiger partial charge on any atom is -0.481 e. The molecule has 0 amide bonds. The molecule has 0 aromatic rings. The van der Waals surface area contributed by atoms with E-state index in [1.807, 2.05) is 6.08 Å². The Labute approximate surface area is 152 Å². The number of hydrogen-bond acceptors (Lipinski definition) is 3. The molecule has 4 nitrogen and oxygen atoms in total. The maximum atomic E-state index is 10.5. The molecule has 2 N–H and O–H groups in total. The largest absolute Gasteiger partial charge is 0.481 e. The molecule has 3 fully saturated rings. The fraction of sp³-hybridized carbons (Fsp3) is 0.762. The second-order valence-electron chi connectivity index (χ2n) is 7.54. The number of aliphatic carboxylic acids is 1. The molecule has 1 saturated carbocycles. The second-order valence-corrected chi connectivity index (χ2v) is 7.54. The number of fused-ring (bicyclic) bond motifs is 2. The third-order valence-electron chi connectivity index (χ3n) is 5.45. The Balaban J connectivity index is 1.76. The van der Waals surface area contributed by atoms with Crippen LogP contribution in [0.5, 0.6) is 0 Å². The van der Waals surface area contributed by atoms with E-state index in [-0.39, 0.29) is 12.5 Å². The van der Waals surface area contributed by atoms with Gasteiger partial charge in [0.25, 0.3) is 0 Å². The van der Waals surface area contributed by atoms with E-state index in [9.17, 15) is 9.90 Å². The molecule has 2 aliphatic heterocycles. The molecule has 0 radical (unpaired) electrons. The van der Waals surface area contributed by atoms with E-state index in [0.29, 0.717) is 30.5 Å². The monoisotopic (exact) mass is 350 g/mol. The first-order chi connectivity index (χ1) is 12.1. The Morgan fingerprint density at radius 2 is 2.04 bits per heavy atom. The summed E-state index contributed by atoms with van der Waals surface area (Å²) in [5, 5.41) is 18.8. The van der Waals surface area contributed by atoms with Crippen molar-refractivity contribution in [2.24, 2.45) is 11.8 Å². The number of unbranched alkanes of at least 4 members (excludes halogenated alkanes) is 3. The lowest BCUT2D eigenvalue weighted by molar-refractivity contribution is -0.198. The molecule has 3 rings (SSSR count). The molecular formula is C21H34O4. The number of hydrogen-bond donors (Lipinski definition) is 2. The summed E-state index contributed by atoms with van der Waals surface area (Å²) >= 11 is 0. The summed E-state index contributed by atoms with van der Waals surface area (Å²) in [6, 6.07) is 0. The lowest BCUT2D eigenvalue weighted by atomic mass is 9.70. The first-order valence-electron chi connectivity index (χ1n) is 9.98. The van der Waals surface area contributed by atoms with Crippen LogP contribution in [0, 0.1) is 11.8 Å². The van der Waals surface area contributed by atoms with Crippen molar-refractivity contribution in [3.05, 3.63) is 24.3 Å². The van der Waals surface area contributed by atoms with Crippen molar-refractivity contribution in [1.82, 2.24) is 0 Å². The summed E-state index contributed by atoms with van der Waals surface area (Å²) in [7, 11) is 0.